The Morgan fingerprint density at radius 2 is 2.16 bits per heavy atom. The van der Waals surface area contributed by atoms with Crippen LogP contribution in [0.15, 0.2) is 36.4 Å². The molecule has 0 aliphatic heterocycles. The highest BCUT2D eigenvalue weighted by atomic mass is 16.5. The van der Waals surface area contributed by atoms with Crippen molar-refractivity contribution in [1.82, 2.24) is 5.32 Å². The van der Waals surface area contributed by atoms with Crippen LogP contribution < -0.4 is 10.1 Å². The summed E-state index contributed by atoms with van der Waals surface area (Å²) >= 11 is 0. The molecule has 0 aliphatic carbocycles. The molecule has 0 aliphatic rings. The maximum atomic E-state index is 5.28. The fourth-order valence-electron chi connectivity index (χ4n) is 2.14. The van der Waals surface area contributed by atoms with Gasteiger partial charge in [0.15, 0.2) is 0 Å². The molecule has 0 saturated carbocycles. The van der Waals surface area contributed by atoms with Crippen LogP contribution in [-0.2, 0) is 6.42 Å². The van der Waals surface area contributed by atoms with E-state index in [4.69, 9.17) is 4.74 Å². The fraction of sp³-hybridized carbons (Fsp3) is 0.529. The Morgan fingerprint density at radius 3 is 2.79 bits per heavy atom. The van der Waals surface area contributed by atoms with Crippen molar-refractivity contribution in [2.45, 2.75) is 45.6 Å². The summed E-state index contributed by atoms with van der Waals surface area (Å²) in [5, 5.41) is 3.62. The molecule has 106 valence electrons. The van der Waals surface area contributed by atoms with Crippen molar-refractivity contribution in [2.24, 2.45) is 0 Å². The average Bonchev–Trinajstić information content (AvgIpc) is 2.44. The molecular weight excluding hydrogens is 234 g/mol. The first-order chi connectivity index (χ1) is 9.19. The molecule has 1 aromatic rings. The molecule has 0 saturated heterocycles. The third kappa shape index (κ3) is 5.93. The van der Waals surface area contributed by atoms with Gasteiger partial charge in [-0.05, 0) is 49.9 Å². The second kappa shape index (κ2) is 8.76. The summed E-state index contributed by atoms with van der Waals surface area (Å²) in [5.74, 6) is 0.932. The maximum Gasteiger partial charge on any atom is 0.119 e. The van der Waals surface area contributed by atoms with Gasteiger partial charge in [-0.1, -0.05) is 38.1 Å². The second-order valence-electron chi connectivity index (χ2n) is 5.01. The van der Waals surface area contributed by atoms with Gasteiger partial charge in [-0.3, -0.25) is 0 Å². The van der Waals surface area contributed by atoms with Crippen molar-refractivity contribution in [2.75, 3.05) is 13.7 Å². The fourth-order valence-corrected chi connectivity index (χ4v) is 2.14. The summed E-state index contributed by atoms with van der Waals surface area (Å²) in [6.45, 7) is 9.56. The first-order valence-electron chi connectivity index (χ1n) is 7.22. The lowest BCUT2D eigenvalue weighted by Gasteiger charge is -2.19. The van der Waals surface area contributed by atoms with Crippen LogP contribution >= 0.6 is 0 Å². The van der Waals surface area contributed by atoms with Crippen molar-refractivity contribution < 1.29 is 4.74 Å². The van der Waals surface area contributed by atoms with Crippen LogP contribution in [0.5, 0.6) is 5.75 Å². The molecule has 19 heavy (non-hydrogen) atoms. The smallest absolute Gasteiger partial charge is 0.119 e. The molecule has 0 spiro atoms. The highest BCUT2D eigenvalue weighted by Gasteiger charge is 2.10. The van der Waals surface area contributed by atoms with E-state index in [9.17, 15) is 0 Å². The summed E-state index contributed by atoms with van der Waals surface area (Å²) in [4.78, 5) is 0. The number of hydrogen-bond acceptors (Lipinski definition) is 2. The summed E-state index contributed by atoms with van der Waals surface area (Å²) in [5.41, 5.74) is 2.63. The minimum atomic E-state index is 0.472. The largest absolute Gasteiger partial charge is 0.497 e. The maximum absolute atomic E-state index is 5.28. The van der Waals surface area contributed by atoms with Gasteiger partial charge >= 0.3 is 0 Å². The van der Waals surface area contributed by atoms with E-state index in [1.807, 2.05) is 6.07 Å². The number of ether oxygens (including phenoxy) is 1. The highest BCUT2D eigenvalue weighted by Crippen LogP contribution is 2.17. The van der Waals surface area contributed by atoms with Gasteiger partial charge in [-0.2, -0.15) is 0 Å². The molecule has 1 rings (SSSR count). The van der Waals surface area contributed by atoms with Crippen LogP contribution in [0.25, 0.3) is 0 Å². The molecule has 0 fully saturated rings. The lowest BCUT2D eigenvalue weighted by atomic mass is 9.98. The summed E-state index contributed by atoms with van der Waals surface area (Å²) in [7, 11) is 1.71. The quantitative estimate of drug-likeness (QED) is 0.679. The Morgan fingerprint density at radius 1 is 1.37 bits per heavy atom. The lowest BCUT2D eigenvalue weighted by Crippen LogP contribution is -2.32. The zero-order valence-corrected chi connectivity index (χ0v) is 12.5. The SMILES string of the molecule is C=C(CC)CC(Cc1cccc(OC)c1)NCCC. The van der Waals surface area contributed by atoms with Crippen molar-refractivity contribution in [3.05, 3.63) is 42.0 Å². The van der Waals surface area contributed by atoms with Crippen molar-refractivity contribution in [3.8, 4) is 5.75 Å². The third-order valence-corrected chi connectivity index (χ3v) is 3.33. The van der Waals surface area contributed by atoms with E-state index in [2.05, 4.69) is 43.9 Å². The van der Waals surface area contributed by atoms with Crippen molar-refractivity contribution in [3.63, 3.8) is 0 Å². The monoisotopic (exact) mass is 261 g/mol. The van der Waals surface area contributed by atoms with Crippen LogP contribution in [-0.4, -0.2) is 19.7 Å². The molecule has 1 unspecified atom stereocenters. The van der Waals surface area contributed by atoms with Crippen molar-refractivity contribution >= 4 is 0 Å². The van der Waals surface area contributed by atoms with E-state index in [0.717, 1.165) is 38.0 Å². The van der Waals surface area contributed by atoms with Crippen LogP contribution in [0.1, 0.15) is 38.7 Å². The molecule has 0 bridgehead atoms. The topological polar surface area (TPSA) is 21.3 Å². The molecule has 0 aromatic heterocycles. The Balaban J connectivity index is 2.66. The van der Waals surface area contributed by atoms with Gasteiger partial charge in [0, 0.05) is 6.04 Å². The molecule has 0 amide bonds. The molecular formula is C17H27NO. The number of benzene rings is 1. The lowest BCUT2D eigenvalue weighted by molar-refractivity contribution is 0.413. The minimum absolute atomic E-state index is 0.472. The van der Waals surface area contributed by atoms with Gasteiger partial charge in [-0.15, -0.1) is 0 Å². The molecule has 2 nitrogen and oxygen atoms in total. The number of hydrogen-bond donors (Lipinski definition) is 1. The number of nitrogens with one attached hydrogen (secondary N) is 1. The Bertz CT molecular complexity index is 387. The first-order valence-corrected chi connectivity index (χ1v) is 7.22. The molecule has 1 atom stereocenters. The van der Waals surface area contributed by atoms with Gasteiger partial charge < -0.3 is 10.1 Å². The van der Waals surface area contributed by atoms with Crippen LogP contribution in [0.2, 0.25) is 0 Å². The number of rotatable bonds is 9. The van der Waals surface area contributed by atoms with Crippen LogP contribution in [0.4, 0.5) is 0 Å². The van der Waals surface area contributed by atoms with Crippen LogP contribution in [0, 0.1) is 0 Å². The molecule has 0 heterocycles. The Labute approximate surface area is 117 Å². The minimum Gasteiger partial charge on any atom is -0.497 e. The predicted molar refractivity (Wildman–Crippen MR) is 82.8 cm³/mol. The molecule has 1 N–H and O–H groups in total. The normalized spacial score (nSPS) is 12.2. The average molecular weight is 261 g/mol. The zero-order valence-electron chi connectivity index (χ0n) is 12.5. The van der Waals surface area contributed by atoms with Gasteiger partial charge in [0.05, 0.1) is 7.11 Å². The highest BCUT2D eigenvalue weighted by molar-refractivity contribution is 5.29. The van der Waals surface area contributed by atoms with E-state index < -0.39 is 0 Å². The third-order valence-electron chi connectivity index (χ3n) is 3.33. The van der Waals surface area contributed by atoms with E-state index in [1.165, 1.54) is 11.1 Å². The molecule has 2 heteroatoms. The van der Waals surface area contributed by atoms with Gasteiger partial charge in [0.2, 0.25) is 0 Å². The Kier molecular flexibility index (Phi) is 7.27. The van der Waals surface area contributed by atoms with E-state index in [1.54, 1.807) is 7.11 Å². The summed E-state index contributed by atoms with van der Waals surface area (Å²) < 4.78 is 5.28. The van der Waals surface area contributed by atoms with Crippen molar-refractivity contribution in [1.29, 1.82) is 0 Å². The summed E-state index contributed by atoms with van der Waals surface area (Å²) in [6.07, 6.45) is 4.29. The van der Waals surface area contributed by atoms with Gasteiger partial charge in [0.1, 0.15) is 5.75 Å². The van der Waals surface area contributed by atoms with E-state index in [0.29, 0.717) is 6.04 Å². The van der Waals surface area contributed by atoms with E-state index in [-0.39, 0.29) is 0 Å². The molecule has 0 radical (unpaired) electrons. The first kappa shape index (κ1) is 15.8. The molecule has 1 aromatic carbocycles. The number of methoxy groups -OCH3 is 1. The van der Waals surface area contributed by atoms with E-state index >= 15 is 0 Å². The van der Waals surface area contributed by atoms with Gasteiger partial charge in [-0.25, -0.2) is 0 Å². The van der Waals surface area contributed by atoms with Crippen LogP contribution in [0.3, 0.4) is 0 Å². The Hall–Kier alpha value is -1.28. The second-order valence-corrected chi connectivity index (χ2v) is 5.01. The zero-order chi connectivity index (χ0) is 14.1. The standard InChI is InChI=1S/C17H27NO/c1-5-10-18-16(11-14(3)6-2)12-15-8-7-9-17(13-15)19-4/h7-9,13,16,18H,3,5-6,10-12H2,1-2,4H3. The summed E-state index contributed by atoms with van der Waals surface area (Å²) in [6, 6.07) is 8.80. The van der Waals surface area contributed by atoms with Gasteiger partial charge in [0.25, 0.3) is 0 Å². The predicted octanol–water partition coefficient (Wildman–Crippen LogP) is 3.96.